The Kier molecular flexibility index (Phi) is 5.73. The highest BCUT2D eigenvalue weighted by molar-refractivity contribution is 7.89. The molecule has 2 aliphatic heterocycles. The number of benzene rings is 1. The summed E-state index contributed by atoms with van der Waals surface area (Å²) < 4.78 is 29.6. The van der Waals surface area contributed by atoms with E-state index in [1.165, 1.54) is 29.3 Å². The second kappa shape index (κ2) is 8.40. The highest BCUT2D eigenvalue weighted by Gasteiger charge is 2.40. The molecule has 3 heterocycles. The van der Waals surface area contributed by atoms with Crippen molar-refractivity contribution in [3.8, 4) is 0 Å². The van der Waals surface area contributed by atoms with Crippen LogP contribution in [-0.2, 0) is 34.3 Å². The third-order valence-electron chi connectivity index (χ3n) is 6.67. The molecule has 32 heavy (non-hydrogen) atoms. The van der Waals surface area contributed by atoms with Crippen molar-refractivity contribution in [1.29, 1.82) is 0 Å². The van der Waals surface area contributed by atoms with Gasteiger partial charge in [0.05, 0.1) is 16.4 Å². The zero-order chi connectivity index (χ0) is 22.5. The van der Waals surface area contributed by atoms with Crippen LogP contribution in [0.25, 0.3) is 0 Å². The van der Waals surface area contributed by atoms with Gasteiger partial charge in [0.1, 0.15) is 11.4 Å². The topological polar surface area (TPSA) is 100 Å². The van der Waals surface area contributed by atoms with E-state index >= 15 is 0 Å². The lowest BCUT2D eigenvalue weighted by atomic mass is 10.0. The van der Waals surface area contributed by atoms with Gasteiger partial charge >= 0.3 is 0 Å². The number of hydrogen-bond acceptors (Lipinski definition) is 6. The summed E-state index contributed by atoms with van der Waals surface area (Å²) in [6, 6.07) is 4.58. The van der Waals surface area contributed by atoms with E-state index in [-0.39, 0.29) is 22.4 Å². The second-order valence-corrected chi connectivity index (χ2v) is 11.4. The number of hydrogen-bond donors (Lipinski definition) is 1. The molecule has 0 unspecified atom stereocenters. The average Bonchev–Trinajstić information content (AvgIpc) is 3.34. The zero-order valence-corrected chi connectivity index (χ0v) is 19.6. The first kappa shape index (κ1) is 21.8. The molecular weight excluding hydrogens is 452 g/mol. The zero-order valence-electron chi connectivity index (χ0n) is 18.0. The number of rotatable bonds is 6. The van der Waals surface area contributed by atoms with Gasteiger partial charge in [0.25, 0.3) is 0 Å². The molecule has 2 fully saturated rings. The summed E-state index contributed by atoms with van der Waals surface area (Å²) in [5.41, 5.74) is 2.25. The first-order valence-corrected chi connectivity index (χ1v) is 12.8. The van der Waals surface area contributed by atoms with Gasteiger partial charge in [-0.25, -0.2) is 13.1 Å². The monoisotopic (exact) mass is 478 g/mol. The van der Waals surface area contributed by atoms with Gasteiger partial charge in [0.2, 0.25) is 15.9 Å². The SMILES string of the molecule is CN1CCc2c(nnn2CC(=O)Nc2ccc(Cl)c(S(=O)(=O)N3CC[C@@H](C4CC4)C3)c2)C1. The molecule has 2 aromatic rings. The Hall–Kier alpha value is -2.01. The first-order chi connectivity index (χ1) is 15.3. The van der Waals surface area contributed by atoms with Crippen molar-refractivity contribution in [2.75, 3.05) is 32.0 Å². The number of aromatic nitrogens is 3. The van der Waals surface area contributed by atoms with Crippen LogP contribution in [-0.4, -0.2) is 65.2 Å². The molecule has 5 rings (SSSR count). The molecule has 1 aliphatic carbocycles. The summed E-state index contributed by atoms with van der Waals surface area (Å²) in [5, 5.41) is 11.2. The van der Waals surface area contributed by atoms with Crippen LogP contribution in [0, 0.1) is 11.8 Å². The Bertz CT molecular complexity index is 1150. The standard InChI is InChI=1S/C21H27ClN6O3S/c1-26-8-7-19-18(12-26)24-25-28(19)13-21(29)23-16-4-5-17(22)20(10-16)32(30,31)27-9-6-15(11-27)14-2-3-14/h4-5,10,14-15H,2-3,6-9,11-13H2,1H3,(H,23,29)/t15-/m1/s1. The van der Waals surface area contributed by atoms with Crippen LogP contribution < -0.4 is 5.32 Å². The van der Waals surface area contributed by atoms with Crippen molar-refractivity contribution in [3.63, 3.8) is 0 Å². The fourth-order valence-electron chi connectivity index (χ4n) is 4.70. The van der Waals surface area contributed by atoms with Crippen molar-refractivity contribution in [1.82, 2.24) is 24.2 Å². The minimum atomic E-state index is -3.72. The Morgan fingerprint density at radius 1 is 1.22 bits per heavy atom. The summed E-state index contributed by atoms with van der Waals surface area (Å²) in [7, 11) is -1.69. The lowest BCUT2D eigenvalue weighted by Crippen LogP contribution is -2.30. The molecule has 0 spiro atoms. The van der Waals surface area contributed by atoms with Crippen LogP contribution in [0.4, 0.5) is 5.69 Å². The number of fused-ring (bicyclic) bond motifs is 1. The van der Waals surface area contributed by atoms with E-state index in [1.54, 1.807) is 10.7 Å². The molecule has 172 valence electrons. The van der Waals surface area contributed by atoms with E-state index < -0.39 is 10.0 Å². The van der Waals surface area contributed by atoms with Gasteiger partial charge in [0.15, 0.2) is 0 Å². The molecule has 9 nitrogen and oxygen atoms in total. The molecule has 3 aliphatic rings. The second-order valence-electron chi connectivity index (χ2n) is 9.07. The summed E-state index contributed by atoms with van der Waals surface area (Å²) in [5.74, 6) is 0.816. The quantitative estimate of drug-likeness (QED) is 0.681. The number of carbonyl (C=O) groups is 1. The molecule has 1 saturated heterocycles. The average molecular weight is 479 g/mol. The molecule has 1 saturated carbocycles. The molecule has 1 aromatic carbocycles. The normalized spacial score (nSPS) is 22.1. The van der Waals surface area contributed by atoms with Crippen LogP contribution in [0.3, 0.4) is 0 Å². The molecule has 0 radical (unpaired) electrons. The van der Waals surface area contributed by atoms with Crippen molar-refractivity contribution in [2.24, 2.45) is 11.8 Å². The lowest BCUT2D eigenvalue weighted by molar-refractivity contribution is -0.117. The van der Waals surface area contributed by atoms with E-state index in [1.807, 2.05) is 7.05 Å². The number of carbonyl (C=O) groups excluding carboxylic acids is 1. The van der Waals surface area contributed by atoms with Crippen LogP contribution in [0.15, 0.2) is 23.1 Å². The number of nitrogens with one attached hydrogen (secondary N) is 1. The predicted octanol–water partition coefficient (Wildman–Crippen LogP) is 1.98. The summed E-state index contributed by atoms with van der Waals surface area (Å²) in [6.45, 7) is 2.69. The van der Waals surface area contributed by atoms with Gasteiger partial charge < -0.3 is 10.2 Å². The number of sulfonamides is 1. The van der Waals surface area contributed by atoms with E-state index in [4.69, 9.17) is 11.6 Å². The maximum Gasteiger partial charge on any atom is 0.246 e. The van der Waals surface area contributed by atoms with Crippen LogP contribution >= 0.6 is 11.6 Å². The van der Waals surface area contributed by atoms with Crippen molar-refractivity contribution >= 4 is 33.2 Å². The molecule has 0 bridgehead atoms. The third-order valence-corrected chi connectivity index (χ3v) is 9.02. The van der Waals surface area contributed by atoms with Crippen molar-refractivity contribution < 1.29 is 13.2 Å². The fourth-order valence-corrected chi connectivity index (χ4v) is 6.71. The fraction of sp³-hybridized carbons (Fsp3) is 0.571. The summed E-state index contributed by atoms with van der Waals surface area (Å²) >= 11 is 6.27. The lowest BCUT2D eigenvalue weighted by Gasteiger charge is -2.21. The maximum atomic E-state index is 13.2. The van der Waals surface area contributed by atoms with Crippen LogP contribution in [0.5, 0.6) is 0 Å². The first-order valence-electron chi connectivity index (χ1n) is 11.0. The molecular formula is C21H27ClN6O3S. The van der Waals surface area contributed by atoms with E-state index in [2.05, 4.69) is 20.5 Å². The van der Waals surface area contributed by atoms with Crippen LogP contribution in [0.1, 0.15) is 30.7 Å². The van der Waals surface area contributed by atoms with Gasteiger partial charge in [-0.1, -0.05) is 16.8 Å². The van der Waals surface area contributed by atoms with Gasteiger partial charge in [0, 0.05) is 38.3 Å². The molecule has 1 amide bonds. The summed E-state index contributed by atoms with van der Waals surface area (Å²) in [4.78, 5) is 14.8. The molecule has 11 heteroatoms. The number of amides is 1. The molecule has 1 aromatic heterocycles. The van der Waals surface area contributed by atoms with Crippen molar-refractivity contribution in [3.05, 3.63) is 34.6 Å². The smallest absolute Gasteiger partial charge is 0.246 e. The highest BCUT2D eigenvalue weighted by atomic mass is 35.5. The number of anilines is 1. The summed E-state index contributed by atoms with van der Waals surface area (Å²) in [6.07, 6.45) is 4.09. The number of nitrogens with zero attached hydrogens (tertiary/aromatic N) is 5. The highest BCUT2D eigenvalue weighted by Crippen LogP contribution is 2.42. The molecule has 1 N–H and O–H groups in total. The Morgan fingerprint density at radius 3 is 2.81 bits per heavy atom. The van der Waals surface area contributed by atoms with Crippen molar-refractivity contribution in [2.45, 2.75) is 43.7 Å². The Morgan fingerprint density at radius 2 is 2.03 bits per heavy atom. The predicted molar refractivity (Wildman–Crippen MR) is 120 cm³/mol. The van der Waals surface area contributed by atoms with Gasteiger partial charge in [-0.15, -0.1) is 5.10 Å². The minimum absolute atomic E-state index is 0.0198. The number of halogens is 1. The van der Waals surface area contributed by atoms with E-state index in [0.717, 1.165) is 30.8 Å². The Balaban J connectivity index is 1.29. The Labute approximate surface area is 192 Å². The third kappa shape index (κ3) is 4.28. The maximum absolute atomic E-state index is 13.2. The van der Waals surface area contributed by atoms with Gasteiger partial charge in [-0.05, 0) is 56.3 Å². The van der Waals surface area contributed by atoms with Crippen LogP contribution in [0.2, 0.25) is 5.02 Å². The molecule has 1 atom stereocenters. The largest absolute Gasteiger partial charge is 0.324 e. The van der Waals surface area contributed by atoms with E-state index in [9.17, 15) is 13.2 Å². The van der Waals surface area contributed by atoms with Gasteiger partial charge in [-0.2, -0.15) is 4.31 Å². The number of likely N-dealkylation sites (N-methyl/N-ethyl adjacent to an activating group) is 1. The van der Waals surface area contributed by atoms with Gasteiger partial charge in [-0.3, -0.25) is 4.79 Å². The van der Waals surface area contributed by atoms with E-state index in [0.29, 0.717) is 37.2 Å². The minimum Gasteiger partial charge on any atom is -0.324 e.